The number of benzene rings is 1. The standard InChI is InChI=1S/C20H27Cl2NO2/c1-20(2,16-5-6-17(21)18(22)12-16)19(24)23-9-3-4-15(13-23)14-7-10-25-11-8-14/h5-6,12,14-15H,3-4,7-11,13H2,1-2H3. The Morgan fingerprint density at radius 3 is 2.52 bits per heavy atom. The topological polar surface area (TPSA) is 29.5 Å². The number of hydrogen-bond acceptors (Lipinski definition) is 2. The maximum Gasteiger partial charge on any atom is 0.232 e. The van der Waals surface area contributed by atoms with Crippen molar-refractivity contribution in [2.45, 2.75) is 44.9 Å². The van der Waals surface area contributed by atoms with E-state index < -0.39 is 5.41 Å². The predicted octanol–water partition coefficient (Wildman–Crippen LogP) is 4.94. The largest absolute Gasteiger partial charge is 0.381 e. The van der Waals surface area contributed by atoms with Gasteiger partial charge in [-0.05, 0) is 69.1 Å². The summed E-state index contributed by atoms with van der Waals surface area (Å²) in [7, 11) is 0. The number of nitrogens with zero attached hydrogens (tertiary/aromatic N) is 1. The molecule has 1 amide bonds. The third-order valence-electron chi connectivity index (χ3n) is 5.85. The molecule has 0 N–H and O–H groups in total. The molecule has 0 radical (unpaired) electrons. The quantitative estimate of drug-likeness (QED) is 0.739. The lowest BCUT2D eigenvalue weighted by Gasteiger charge is -2.41. The van der Waals surface area contributed by atoms with Crippen LogP contribution in [0.1, 0.15) is 45.1 Å². The van der Waals surface area contributed by atoms with Gasteiger partial charge in [-0.15, -0.1) is 0 Å². The van der Waals surface area contributed by atoms with Gasteiger partial charge >= 0.3 is 0 Å². The second kappa shape index (κ2) is 7.85. The Hall–Kier alpha value is -0.770. The minimum atomic E-state index is -0.605. The minimum Gasteiger partial charge on any atom is -0.381 e. The highest BCUT2D eigenvalue weighted by Crippen LogP contribution is 2.35. The molecule has 1 atom stereocenters. The molecule has 0 spiro atoms. The fourth-order valence-electron chi connectivity index (χ4n) is 4.17. The van der Waals surface area contributed by atoms with Gasteiger partial charge in [-0.25, -0.2) is 0 Å². The van der Waals surface area contributed by atoms with Crippen LogP contribution in [0.2, 0.25) is 10.0 Å². The average Bonchev–Trinajstić information content (AvgIpc) is 2.64. The van der Waals surface area contributed by atoms with Crippen LogP contribution in [-0.4, -0.2) is 37.1 Å². The monoisotopic (exact) mass is 383 g/mol. The van der Waals surface area contributed by atoms with Gasteiger partial charge in [0.05, 0.1) is 15.5 Å². The van der Waals surface area contributed by atoms with Crippen LogP contribution in [0.5, 0.6) is 0 Å². The van der Waals surface area contributed by atoms with Gasteiger partial charge in [-0.1, -0.05) is 29.3 Å². The number of hydrogen-bond donors (Lipinski definition) is 0. The molecule has 0 aliphatic carbocycles. The number of halogens is 2. The summed E-state index contributed by atoms with van der Waals surface area (Å²) in [5, 5.41) is 1.02. The van der Waals surface area contributed by atoms with Gasteiger partial charge in [0.25, 0.3) is 0 Å². The van der Waals surface area contributed by atoms with E-state index in [-0.39, 0.29) is 5.91 Å². The molecule has 1 aromatic rings. The molecule has 3 rings (SSSR count). The molecular formula is C20H27Cl2NO2. The van der Waals surface area contributed by atoms with Gasteiger partial charge in [0, 0.05) is 26.3 Å². The zero-order chi connectivity index (χ0) is 18.0. The van der Waals surface area contributed by atoms with Crippen molar-refractivity contribution in [3.63, 3.8) is 0 Å². The van der Waals surface area contributed by atoms with Crippen LogP contribution in [-0.2, 0) is 14.9 Å². The molecule has 0 bridgehead atoms. The first kappa shape index (κ1) is 19.0. The van der Waals surface area contributed by atoms with Gasteiger partial charge < -0.3 is 9.64 Å². The Morgan fingerprint density at radius 2 is 1.84 bits per heavy atom. The summed E-state index contributed by atoms with van der Waals surface area (Å²) in [6.45, 7) is 7.41. The number of carbonyl (C=O) groups excluding carboxylic acids is 1. The number of carbonyl (C=O) groups is 1. The maximum atomic E-state index is 13.3. The second-order valence-corrected chi connectivity index (χ2v) is 8.67. The van der Waals surface area contributed by atoms with Gasteiger partial charge in [0.2, 0.25) is 5.91 Å². The highest BCUT2D eigenvalue weighted by molar-refractivity contribution is 6.42. The summed E-state index contributed by atoms with van der Waals surface area (Å²) in [5.41, 5.74) is 0.311. The molecule has 2 aliphatic rings. The zero-order valence-electron chi connectivity index (χ0n) is 15.1. The fraction of sp³-hybridized carbons (Fsp3) is 0.650. The Labute approximate surface area is 160 Å². The smallest absolute Gasteiger partial charge is 0.232 e. The summed E-state index contributed by atoms with van der Waals surface area (Å²) in [4.78, 5) is 15.3. The molecule has 5 heteroatoms. The molecule has 138 valence electrons. The van der Waals surface area contributed by atoms with E-state index in [9.17, 15) is 4.79 Å². The van der Waals surface area contributed by atoms with Crippen LogP contribution < -0.4 is 0 Å². The van der Waals surface area contributed by atoms with Crippen LogP contribution in [0.25, 0.3) is 0 Å². The summed E-state index contributed by atoms with van der Waals surface area (Å²) in [6, 6.07) is 5.50. The van der Waals surface area contributed by atoms with Crippen molar-refractivity contribution >= 4 is 29.1 Å². The van der Waals surface area contributed by atoms with E-state index in [4.69, 9.17) is 27.9 Å². The number of likely N-dealkylation sites (tertiary alicyclic amines) is 1. The summed E-state index contributed by atoms with van der Waals surface area (Å²) in [6.07, 6.45) is 4.57. The summed E-state index contributed by atoms with van der Waals surface area (Å²) >= 11 is 12.2. The number of rotatable bonds is 3. The Morgan fingerprint density at radius 1 is 1.12 bits per heavy atom. The van der Waals surface area contributed by atoms with Gasteiger partial charge in [-0.2, -0.15) is 0 Å². The van der Waals surface area contributed by atoms with Gasteiger partial charge in [-0.3, -0.25) is 4.79 Å². The second-order valence-electron chi connectivity index (χ2n) is 7.86. The highest BCUT2D eigenvalue weighted by Gasteiger charge is 2.37. The third-order valence-corrected chi connectivity index (χ3v) is 6.59. The number of piperidine rings is 1. The van der Waals surface area contributed by atoms with E-state index in [1.54, 1.807) is 6.07 Å². The van der Waals surface area contributed by atoms with E-state index >= 15 is 0 Å². The van der Waals surface area contributed by atoms with E-state index in [0.717, 1.165) is 51.1 Å². The molecule has 2 aliphatic heterocycles. The molecule has 1 aromatic carbocycles. The molecule has 3 nitrogen and oxygen atoms in total. The first-order valence-electron chi connectivity index (χ1n) is 9.22. The third kappa shape index (κ3) is 4.15. The van der Waals surface area contributed by atoms with Crippen LogP contribution in [0, 0.1) is 11.8 Å². The van der Waals surface area contributed by atoms with Crippen LogP contribution in [0.3, 0.4) is 0 Å². The molecular weight excluding hydrogens is 357 g/mol. The van der Waals surface area contributed by atoms with E-state index in [1.165, 1.54) is 6.42 Å². The molecule has 2 heterocycles. The van der Waals surface area contributed by atoms with Crippen molar-refractivity contribution in [3.05, 3.63) is 33.8 Å². The lowest BCUT2D eigenvalue weighted by atomic mass is 9.79. The Balaban J connectivity index is 1.72. The fourth-order valence-corrected chi connectivity index (χ4v) is 4.47. The Bertz CT molecular complexity index is 626. The lowest BCUT2D eigenvalue weighted by Crippen LogP contribution is -2.49. The SMILES string of the molecule is CC(C)(C(=O)N1CCCC(C2CCOCC2)C1)c1ccc(Cl)c(Cl)c1. The van der Waals surface area contributed by atoms with Crippen molar-refractivity contribution in [2.24, 2.45) is 11.8 Å². The first-order valence-corrected chi connectivity index (χ1v) is 9.98. The minimum absolute atomic E-state index is 0.183. The number of ether oxygens (including phenoxy) is 1. The van der Waals surface area contributed by atoms with Crippen molar-refractivity contribution in [1.29, 1.82) is 0 Å². The Kier molecular flexibility index (Phi) is 5.97. The molecule has 0 aromatic heterocycles. The average molecular weight is 384 g/mol. The number of amides is 1. The summed E-state index contributed by atoms with van der Waals surface area (Å²) < 4.78 is 5.49. The van der Waals surface area contributed by atoms with Crippen molar-refractivity contribution in [3.8, 4) is 0 Å². The molecule has 2 saturated heterocycles. The van der Waals surface area contributed by atoms with E-state index in [2.05, 4.69) is 4.90 Å². The van der Waals surface area contributed by atoms with Crippen LogP contribution in [0.15, 0.2) is 18.2 Å². The highest BCUT2D eigenvalue weighted by atomic mass is 35.5. The molecule has 2 fully saturated rings. The first-order chi connectivity index (χ1) is 11.9. The predicted molar refractivity (Wildman–Crippen MR) is 102 cm³/mol. The molecule has 0 saturated carbocycles. The van der Waals surface area contributed by atoms with Gasteiger partial charge in [0.1, 0.15) is 0 Å². The zero-order valence-corrected chi connectivity index (χ0v) is 16.6. The molecule has 1 unspecified atom stereocenters. The van der Waals surface area contributed by atoms with Crippen molar-refractivity contribution in [2.75, 3.05) is 26.3 Å². The van der Waals surface area contributed by atoms with Crippen LogP contribution >= 0.6 is 23.2 Å². The van der Waals surface area contributed by atoms with E-state index in [1.807, 2.05) is 26.0 Å². The van der Waals surface area contributed by atoms with E-state index in [0.29, 0.717) is 21.9 Å². The lowest BCUT2D eigenvalue weighted by molar-refractivity contribution is -0.138. The van der Waals surface area contributed by atoms with Gasteiger partial charge in [0.15, 0.2) is 0 Å². The summed E-state index contributed by atoms with van der Waals surface area (Å²) in [5.74, 6) is 1.48. The van der Waals surface area contributed by atoms with Crippen LogP contribution in [0.4, 0.5) is 0 Å². The maximum absolute atomic E-state index is 13.3. The van der Waals surface area contributed by atoms with Crippen molar-refractivity contribution in [1.82, 2.24) is 4.90 Å². The normalized spacial score (nSPS) is 22.9. The molecule has 25 heavy (non-hydrogen) atoms. The van der Waals surface area contributed by atoms with Crippen molar-refractivity contribution < 1.29 is 9.53 Å².